The van der Waals surface area contributed by atoms with Crippen LogP contribution in [0.1, 0.15) is 29.3 Å². The maximum Gasteiger partial charge on any atom is 0.306 e. The van der Waals surface area contributed by atoms with E-state index in [0.29, 0.717) is 6.42 Å². The molecule has 0 unspecified atom stereocenters. The number of aryl methyl sites for hydroxylation is 1. The summed E-state index contributed by atoms with van der Waals surface area (Å²) in [7, 11) is 0. The number of H-pyrrole nitrogens is 1. The zero-order valence-electron chi connectivity index (χ0n) is 15.3. The van der Waals surface area contributed by atoms with Crippen molar-refractivity contribution in [1.82, 2.24) is 4.98 Å². The number of ether oxygens (including phenoxy) is 1. The van der Waals surface area contributed by atoms with Crippen LogP contribution >= 0.6 is 0 Å². The molecule has 0 bridgehead atoms. The Morgan fingerprint density at radius 1 is 1.14 bits per heavy atom. The summed E-state index contributed by atoms with van der Waals surface area (Å²) >= 11 is 0. The third kappa shape index (κ3) is 4.62. The first-order valence-electron chi connectivity index (χ1n) is 8.75. The lowest BCUT2D eigenvalue weighted by Crippen LogP contribution is -2.16. The van der Waals surface area contributed by atoms with Gasteiger partial charge >= 0.3 is 5.97 Å². The maximum atomic E-state index is 14.0. The average Bonchev–Trinajstić information content (AvgIpc) is 3.07. The number of ketones is 1. The highest BCUT2D eigenvalue weighted by Crippen LogP contribution is 2.19. The van der Waals surface area contributed by atoms with Gasteiger partial charge in [-0.25, -0.2) is 4.39 Å². The number of halogens is 1. The van der Waals surface area contributed by atoms with E-state index in [1.165, 1.54) is 19.1 Å². The Bertz CT molecular complexity index is 1040. The number of amides is 1. The number of fused-ring (bicyclic) bond motifs is 1. The minimum absolute atomic E-state index is 0.110. The fraction of sp³-hybridized carbons (Fsp3) is 0.190. The molecule has 0 radical (unpaired) electrons. The molecule has 2 N–H and O–H groups in total. The van der Waals surface area contributed by atoms with Crippen molar-refractivity contribution in [2.24, 2.45) is 0 Å². The summed E-state index contributed by atoms with van der Waals surface area (Å²) < 4.78 is 19.0. The van der Waals surface area contributed by atoms with Crippen LogP contribution in [0.15, 0.2) is 48.7 Å². The van der Waals surface area contributed by atoms with Gasteiger partial charge in [0.1, 0.15) is 5.82 Å². The number of anilines is 1. The number of esters is 1. The van der Waals surface area contributed by atoms with E-state index < -0.39 is 24.2 Å². The lowest BCUT2D eigenvalue weighted by molar-refractivity contribution is -0.142. The van der Waals surface area contributed by atoms with Crippen LogP contribution in [0, 0.1) is 5.82 Å². The molecule has 1 amide bonds. The van der Waals surface area contributed by atoms with Gasteiger partial charge in [-0.1, -0.05) is 18.2 Å². The molecular weight excluding hydrogens is 363 g/mol. The Kier molecular flexibility index (Phi) is 5.84. The lowest BCUT2D eigenvalue weighted by atomic mass is 10.1. The van der Waals surface area contributed by atoms with Crippen LogP contribution in [-0.4, -0.2) is 29.3 Å². The SMILES string of the molecule is CC(=O)Nc1ccc(C(=O)COC(=O)CCc2c[nH]c3ccccc23)c(F)c1. The average molecular weight is 382 g/mol. The van der Waals surface area contributed by atoms with Crippen molar-refractivity contribution in [3.05, 3.63) is 65.6 Å². The molecule has 3 rings (SSSR count). The first kappa shape index (κ1) is 19.3. The topological polar surface area (TPSA) is 88.3 Å². The third-order valence-corrected chi connectivity index (χ3v) is 4.23. The highest BCUT2D eigenvalue weighted by atomic mass is 19.1. The highest BCUT2D eigenvalue weighted by molar-refractivity contribution is 5.99. The number of hydrogen-bond acceptors (Lipinski definition) is 4. The van der Waals surface area contributed by atoms with Crippen molar-refractivity contribution < 1.29 is 23.5 Å². The normalized spacial score (nSPS) is 10.6. The predicted octanol–water partition coefficient (Wildman–Crippen LogP) is 3.62. The van der Waals surface area contributed by atoms with Crippen LogP contribution in [0.25, 0.3) is 10.9 Å². The fourth-order valence-electron chi connectivity index (χ4n) is 2.89. The zero-order valence-corrected chi connectivity index (χ0v) is 15.3. The van der Waals surface area contributed by atoms with E-state index in [1.54, 1.807) is 0 Å². The van der Waals surface area contributed by atoms with Crippen LogP contribution in [0.5, 0.6) is 0 Å². The number of carbonyl (C=O) groups is 3. The first-order chi connectivity index (χ1) is 13.4. The Morgan fingerprint density at radius 3 is 2.68 bits per heavy atom. The molecule has 0 spiro atoms. The molecule has 0 aliphatic carbocycles. The molecule has 144 valence electrons. The van der Waals surface area contributed by atoms with Crippen LogP contribution in [0.3, 0.4) is 0 Å². The van der Waals surface area contributed by atoms with E-state index in [9.17, 15) is 18.8 Å². The van der Waals surface area contributed by atoms with Crippen LogP contribution < -0.4 is 5.32 Å². The minimum atomic E-state index is -0.786. The molecular formula is C21H19FN2O4. The molecule has 1 heterocycles. The van der Waals surface area contributed by atoms with Crippen LogP contribution in [0.4, 0.5) is 10.1 Å². The zero-order chi connectivity index (χ0) is 20.1. The van der Waals surface area contributed by atoms with Crippen LogP contribution in [-0.2, 0) is 20.7 Å². The Balaban J connectivity index is 1.53. The largest absolute Gasteiger partial charge is 0.457 e. The predicted molar refractivity (Wildman–Crippen MR) is 103 cm³/mol. The number of nitrogens with one attached hydrogen (secondary N) is 2. The van der Waals surface area contributed by atoms with Gasteiger partial charge in [0, 0.05) is 36.1 Å². The number of rotatable bonds is 7. The molecule has 3 aromatic rings. The second kappa shape index (κ2) is 8.47. The second-order valence-electron chi connectivity index (χ2n) is 6.32. The molecule has 7 heteroatoms. The maximum absolute atomic E-state index is 14.0. The lowest BCUT2D eigenvalue weighted by Gasteiger charge is -2.07. The monoisotopic (exact) mass is 382 g/mol. The van der Waals surface area contributed by atoms with E-state index in [4.69, 9.17) is 4.74 Å². The van der Waals surface area contributed by atoms with Gasteiger partial charge in [0.05, 0.1) is 5.56 Å². The Labute approximate surface area is 160 Å². The number of hydrogen-bond donors (Lipinski definition) is 2. The van der Waals surface area contributed by atoms with Gasteiger partial charge in [-0.3, -0.25) is 14.4 Å². The summed E-state index contributed by atoms with van der Waals surface area (Å²) in [6.45, 7) is 0.760. The van der Waals surface area contributed by atoms with E-state index in [0.717, 1.165) is 22.5 Å². The minimum Gasteiger partial charge on any atom is -0.457 e. The summed E-state index contributed by atoms with van der Waals surface area (Å²) in [5, 5.41) is 3.46. The summed E-state index contributed by atoms with van der Waals surface area (Å²) in [6.07, 6.45) is 2.42. The van der Waals surface area contributed by atoms with Crippen molar-refractivity contribution in [3.63, 3.8) is 0 Å². The fourth-order valence-corrected chi connectivity index (χ4v) is 2.89. The Morgan fingerprint density at radius 2 is 1.93 bits per heavy atom. The number of benzene rings is 2. The number of carbonyl (C=O) groups excluding carboxylic acids is 3. The molecule has 0 saturated heterocycles. The van der Waals surface area contributed by atoms with Crippen molar-refractivity contribution in [1.29, 1.82) is 0 Å². The first-order valence-corrected chi connectivity index (χ1v) is 8.75. The Hall–Kier alpha value is -3.48. The van der Waals surface area contributed by atoms with Gasteiger partial charge in [0.2, 0.25) is 11.7 Å². The number of para-hydroxylation sites is 1. The molecule has 0 aliphatic rings. The molecule has 1 aromatic heterocycles. The molecule has 28 heavy (non-hydrogen) atoms. The van der Waals surface area contributed by atoms with Crippen molar-refractivity contribution in [2.45, 2.75) is 19.8 Å². The highest BCUT2D eigenvalue weighted by Gasteiger charge is 2.15. The standard InChI is InChI=1S/C21H19FN2O4/c1-13(25)24-15-7-8-17(18(22)10-15)20(26)12-28-21(27)9-6-14-11-23-19-5-3-2-4-16(14)19/h2-5,7-8,10-11,23H,6,9,12H2,1H3,(H,24,25). The smallest absolute Gasteiger partial charge is 0.306 e. The molecule has 2 aromatic carbocycles. The van der Waals surface area contributed by atoms with Crippen molar-refractivity contribution in [3.8, 4) is 0 Å². The van der Waals surface area contributed by atoms with Gasteiger partial charge in [0.15, 0.2) is 6.61 Å². The number of aromatic amines is 1. The summed E-state index contributed by atoms with van der Waals surface area (Å²) in [5.41, 5.74) is 2.02. The van der Waals surface area contributed by atoms with Crippen molar-refractivity contribution in [2.75, 3.05) is 11.9 Å². The molecule has 0 atom stereocenters. The van der Waals surface area contributed by atoms with Gasteiger partial charge in [0.25, 0.3) is 0 Å². The number of Topliss-reactive ketones (excluding diaryl/α,β-unsaturated/α-hetero) is 1. The summed E-state index contributed by atoms with van der Waals surface area (Å²) in [4.78, 5) is 38.2. The van der Waals surface area contributed by atoms with Gasteiger partial charge < -0.3 is 15.0 Å². The molecule has 0 saturated carbocycles. The molecule has 0 fully saturated rings. The van der Waals surface area contributed by atoms with Gasteiger partial charge in [-0.15, -0.1) is 0 Å². The molecule has 0 aliphatic heterocycles. The van der Waals surface area contributed by atoms with Gasteiger partial charge in [-0.05, 0) is 36.2 Å². The summed E-state index contributed by atoms with van der Waals surface area (Å²) in [5.74, 6) is -2.31. The van der Waals surface area contributed by atoms with E-state index >= 15 is 0 Å². The van der Waals surface area contributed by atoms with E-state index in [-0.39, 0.29) is 23.6 Å². The van der Waals surface area contributed by atoms with Crippen LogP contribution in [0.2, 0.25) is 0 Å². The van der Waals surface area contributed by atoms with E-state index in [2.05, 4.69) is 10.3 Å². The number of aromatic nitrogens is 1. The molecule has 6 nitrogen and oxygen atoms in total. The van der Waals surface area contributed by atoms with Gasteiger partial charge in [-0.2, -0.15) is 0 Å². The van der Waals surface area contributed by atoms with Crippen molar-refractivity contribution >= 4 is 34.3 Å². The van der Waals surface area contributed by atoms with E-state index in [1.807, 2.05) is 30.5 Å². The quantitative estimate of drug-likeness (QED) is 0.482. The second-order valence-corrected chi connectivity index (χ2v) is 6.32. The third-order valence-electron chi connectivity index (χ3n) is 4.23. The summed E-state index contributed by atoms with van der Waals surface area (Å²) in [6, 6.07) is 11.5.